The highest BCUT2D eigenvalue weighted by Gasteiger charge is 2.65. The minimum atomic E-state index is -0.659. The van der Waals surface area contributed by atoms with Gasteiger partial charge in [-0.25, -0.2) is 0 Å². The zero-order chi connectivity index (χ0) is 12.8. The molecule has 3 heteroatoms. The third-order valence-corrected chi connectivity index (χ3v) is 4.63. The molecule has 98 valence electrons. The molecule has 0 radical (unpaired) electrons. The van der Waals surface area contributed by atoms with Crippen LogP contribution in [0.5, 0.6) is 11.5 Å². The van der Waals surface area contributed by atoms with Crippen LogP contribution in [0, 0.1) is 11.8 Å². The van der Waals surface area contributed by atoms with Crippen molar-refractivity contribution >= 4 is 0 Å². The van der Waals surface area contributed by atoms with Crippen molar-refractivity contribution < 1.29 is 14.6 Å². The van der Waals surface area contributed by atoms with Gasteiger partial charge in [-0.2, -0.15) is 0 Å². The number of methoxy groups -OCH3 is 2. The Morgan fingerprint density at radius 1 is 1.11 bits per heavy atom. The average molecular weight is 248 g/mol. The quantitative estimate of drug-likeness (QED) is 0.894. The lowest BCUT2D eigenvalue weighted by atomic mass is 10.0. The summed E-state index contributed by atoms with van der Waals surface area (Å²) in [7, 11) is 3.29. The van der Waals surface area contributed by atoms with Crippen molar-refractivity contribution in [3.8, 4) is 11.5 Å². The lowest BCUT2D eigenvalue weighted by molar-refractivity contribution is 0.114. The van der Waals surface area contributed by atoms with Crippen molar-refractivity contribution in [1.29, 1.82) is 0 Å². The summed E-state index contributed by atoms with van der Waals surface area (Å²) in [6, 6.07) is 5.72. The third-order valence-electron chi connectivity index (χ3n) is 4.63. The second kappa shape index (κ2) is 4.16. The summed E-state index contributed by atoms with van der Waals surface area (Å²) in [5.41, 5.74) is 0.274. The van der Waals surface area contributed by atoms with E-state index in [0.717, 1.165) is 29.9 Å². The number of hydrogen-bond donors (Lipinski definition) is 1. The highest BCUT2D eigenvalue weighted by Crippen LogP contribution is 2.65. The fraction of sp³-hybridized carbons (Fsp3) is 0.600. The summed E-state index contributed by atoms with van der Waals surface area (Å²) in [5, 5.41) is 10.9. The van der Waals surface area contributed by atoms with E-state index in [1.165, 1.54) is 12.8 Å². The van der Waals surface area contributed by atoms with Gasteiger partial charge in [-0.3, -0.25) is 0 Å². The highest BCUT2D eigenvalue weighted by molar-refractivity contribution is 5.48. The summed E-state index contributed by atoms with van der Waals surface area (Å²) in [6.07, 6.45) is 4.75. The van der Waals surface area contributed by atoms with E-state index in [9.17, 15) is 5.11 Å². The Morgan fingerprint density at radius 3 is 2.33 bits per heavy atom. The van der Waals surface area contributed by atoms with Crippen molar-refractivity contribution in [3.63, 3.8) is 0 Å². The minimum Gasteiger partial charge on any atom is -0.497 e. The summed E-state index contributed by atoms with van der Waals surface area (Å²) in [4.78, 5) is 0. The van der Waals surface area contributed by atoms with Crippen molar-refractivity contribution in [2.45, 2.75) is 31.3 Å². The van der Waals surface area contributed by atoms with E-state index in [1.807, 2.05) is 18.2 Å². The van der Waals surface area contributed by atoms with E-state index in [0.29, 0.717) is 11.8 Å². The maximum absolute atomic E-state index is 10.9. The monoisotopic (exact) mass is 248 g/mol. The van der Waals surface area contributed by atoms with Crippen LogP contribution >= 0.6 is 0 Å². The van der Waals surface area contributed by atoms with Gasteiger partial charge in [-0.05, 0) is 36.8 Å². The topological polar surface area (TPSA) is 38.7 Å². The van der Waals surface area contributed by atoms with Crippen LogP contribution in [-0.4, -0.2) is 19.3 Å². The molecule has 18 heavy (non-hydrogen) atoms. The normalized spacial score (nSPS) is 33.7. The van der Waals surface area contributed by atoms with E-state index < -0.39 is 5.60 Å². The Bertz CT molecular complexity index is 443. The van der Waals surface area contributed by atoms with Crippen LogP contribution in [0.15, 0.2) is 18.2 Å². The Labute approximate surface area is 108 Å². The van der Waals surface area contributed by atoms with Crippen LogP contribution in [0.1, 0.15) is 31.2 Å². The molecule has 2 saturated carbocycles. The molecular formula is C15H20O3. The summed E-state index contributed by atoms with van der Waals surface area (Å²) >= 11 is 0. The summed E-state index contributed by atoms with van der Waals surface area (Å²) in [6.45, 7) is 0. The lowest BCUT2D eigenvalue weighted by Gasteiger charge is -2.16. The van der Waals surface area contributed by atoms with E-state index in [-0.39, 0.29) is 0 Å². The van der Waals surface area contributed by atoms with Gasteiger partial charge in [0.15, 0.2) is 0 Å². The van der Waals surface area contributed by atoms with E-state index in [4.69, 9.17) is 9.47 Å². The van der Waals surface area contributed by atoms with Gasteiger partial charge in [-0.1, -0.05) is 12.8 Å². The van der Waals surface area contributed by atoms with Gasteiger partial charge < -0.3 is 14.6 Å². The molecule has 0 spiro atoms. The molecule has 3 rings (SSSR count). The van der Waals surface area contributed by atoms with Gasteiger partial charge in [0.25, 0.3) is 0 Å². The van der Waals surface area contributed by atoms with Gasteiger partial charge in [0, 0.05) is 11.6 Å². The largest absolute Gasteiger partial charge is 0.497 e. The lowest BCUT2D eigenvalue weighted by Crippen LogP contribution is -2.12. The van der Waals surface area contributed by atoms with E-state index in [2.05, 4.69) is 0 Å². The molecule has 0 heterocycles. The molecule has 0 saturated heterocycles. The fourth-order valence-electron chi connectivity index (χ4n) is 3.62. The maximum Gasteiger partial charge on any atom is 0.128 e. The third kappa shape index (κ3) is 1.53. The molecular weight excluding hydrogens is 228 g/mol. The van der Waals surface area contributed by atoms with E-state index >= 15 is 0 Å². The van der Waals surface area contributed by atoms with Crippen molar-refractivity contribution in [3.05, 3.63) is 23.8 Å². The van der Waals surface area contributed by atoms with Crippen LogP contribution in [0.25, 0.3) is 0 Å². The van der Waals surface area contributed by atoms with Gasteiger partial charge in [0.2, 0.25) is 0 Å². The highest BCUT2D eigenvalue weighted by atomic mass is 16.5. The molecule has 0 bridgehead atoms. The Kier molecular flexibility index (Phi) is 2.74. The molecule has 2 fully saturated rings. The van der Waals surface area contributed by atoms with Crippen LogP contribution in [0.4, 0.5) is 0 Å². The van der Waals surface area contributed by atoms with Gasteiger partial charge in [0.05, 0.1) is 19.8 Å². The molecule has 2 unspecified atom stereocenters. The van der Waals surface area contributed by atoms with Crippen molar-refractivity contribution in [2.75, 3.05) is 14.2 Å². The summed E-state index contributed by atoms with van der Waals surface area (Å²) < 4.78 is 10.6. The predicted molar refractivity (Wildman–Crippen MR) is 68.9 cm³/mol. The molecule has 0 amide bonds. The van der Waals surface area contributed by atoms with Crippen molar-refractivity contribution in [1.82, 2.24) is 0 Å². The van der Waals surface area contributed by atoms with Crippen molar-refractivity contribution in [2.24, 2.45) is 11.8 Å². The molecule has 1 N–H and O–H groups in total. The number of rotatable bonds is 3. The molecule has 2 atom stereocenters. The molecule has 2 aliphatic carbocycles. The predicted octanol–water partition coefficient (Wildman–Crippen LogP) is 2.71. The number of ether oxygens (including phenoxy) is 2. The zero-order valence-electron chi connectivity index (χ0n) is 11.0. The van der Waals surface area contributed by atoms with Crippen LogP contribution in [0.3, 0.4) is 0 Å². The number of aliphatic hydroxyl groups is 1. The van der Waals surface area contributed by atoms with Crippen LogP contribution in [-0.2, 0) is 5.60 Å². The SMILES string of the molecule is COc1ccc(C2(O)C3CCCCC32)c(OC)c1. The number of hydrogen-bond acceptors (Lipinski definition) is 3. The maximum atomic E-state index is 10.9. The fourth-order valence-corrected chi connectivity index (χ4v) is 3.62. The first-order chi connectivity index (χ1) is 8.71. The second-order valence-corrected chi connectivity index (χ2v) is 5.39. The average Bonchev–Trinajstić information content (AvgIpc) is 3.05. The van der Waals surface area contributed by atoms with E-state index in [1.54, 1.807) is 14.2 Å². The molecule has 1 aromatic rings. The Balaban J connectivity index is 1.97. The molecule has 2 aliphatic rings. The summed E-state index contributed by atoms with van der Waals surface area (Å²) in [5.74, 6) is 2.36. The van der Waals surface area contributed by atoms with Gasteiger partial charge >= 0.3 is 0 Å². The minimum absolute atomic E-state index is 0.425. The first-order valence-corrected chi connectivity index (χ1v) is 6.66. The number of benzene rings is 1. The van der Waals surface area contributed by atoms with Gasteiger partial charge in [0.1, 0.15) is 11.5 Å². The van der Waals surface area contributed by atoms with Gasteiger partial charge in [-0.15, -0.1) is 0 Å². The smallest absolute Gasteiger partial charge is 0.128 e. The molecule has 1 aromatic carbocycles. The first kappa shape index (κ1) is 11.8. The molecule has 0 aliphatic heterocycles. The number of fused-ring (bicyclic) bond motifs is 1. The van der Waals surface area contributed by atoms with Crippen LogP contribution < -0.4 is 9.47 Å². The second-order valence-electron chi connectivity index (χ2n) is 5.39. The first-order valence-electron chi connectivity index (χ1n) is 6.66. The Hall–Kier alpha value is -1.22. The Morgan fingerprint density at radius 2 is 1.78 bits per heavy atom. The standard InChI is InChI=1S/C15H20O3/c1-17-10-7-8-13(14(9-10)18-2)15(16)11-5-3-4-6-12(11)15/h7-9,11-12,16H,3-6H2,1-2H3. The zero-order valence-corrected chi connectivity index (χ0v) is 11.0. The molecule has 0 aromatic heterocycles. The molecule has 3 nitrogen and oxygen atoms in total. The van der Waals surface area contributed by atoms with Crippen LogP contribution in [0.2, 0.25) is 0 Å².